The number of rotatable bonds is 7. The molecule has 1 aliphatic carbocycles. The maximum atomic E-state index is 6.44. The molecule has 2 aliphatic rings. The molecule has 0 amide bonds. The van der Waals surface area contributed by atoms with Crippen molar-refractivity contribution >= 4 is 27.8 Å². The molecule has 2 heteroatoms. The van der Waals surface area contributed by atoms with Crippen LogP contribution in [-0.4, -0.2) is 0 Å². The van der Waals surface area contributed by atoms with E-state index in [9.17, 15) is 0 Å². The van der Waals surface area contributed by atoms with Gasteiger partial charge in [0.15, 0.2) is 0 Å². The van der Waals surface area contributed by atoms with Crippen molar-refractivity contribution in [2.45, 2.75) is 5.41 Å². The van der Waals surface area contributed by atoms with Crippen LogP contribution in [0.2, 0.25) is 0 Å². The Labute approximate surface area is 356 Å². The number of para-hydroxylation sites is 1. The largest absolute Gasteiger partial charge is 0.456 e. The van der Waals surface area contributed by atoms with Gasteiger partial charge in [0.2, 0.25) is 0 Å². The molecule has 10 aromatic rings. The summed E-state index contributed by atoms with van der Waals surface area (Å²) in [5.74, 6) is 1.80. The second kappa shape index (κ2) is 14.1. The first kappa shape index (κ1) is 35.0. The first-order valence-corrected chi connectivity index (χ1v) is 21.0. The highest BCUT2D eigenvalue weighted by atomic mass is 16.5. The highest BCUT2D eigenvalue weighted by Crippen LogP contribution is 2.57. The number of ether oxygens (including phenoxy) is 1. The summed E-state index contributed by atoms with van der Waals surface area (Å²) >= 11 is 0. The Balaban J connectivity index is 1.01. The minimum atomic E-state index is -0.456. The van der Waals surface area contributed by atoms with E-state index in [1.807, 2.05) is 12.1 Å². The molecule has 0 bridgehead atoms. The molecule has 0 aromatic heterocycles. The molecule has 1 heterocycles. The zero-order chi connectivity index (χ0) is 40.3. The number of nitrogens with zero attached hydrogens (tertiary/aromatic N) is 1. The van der Waals surface area contributed by atoms with E-state index in [1.54, 1.807) is 0 Å². The van der Waals surface area contributed by atoms with Crippen molar-refractivity contribution in [1.82, 2.24) is 0 Å². The molecule has 1 aliphatic heterocycles. The smallest absolute Gasteiger partial charge is 0.135 e. The van der Waals surface area contributed by atoms with Crippen LogP contribution in [0.1, 0.15) is 22.3 Å². The summed E-state index contributed by atoms with van der Waals surface area (Å²) in [5.41, 5.74) is 17.5. The average molecular weight is 778 g/mol. The lowest BCUT2D eigenvalue weighted by molar-refractivity contribution is 0.487. The summed E-state index contributed by atoms with van der Waals surface area (Å²) in [4.78, 5) is 2.40. The molecule has 10 aromatic carbocycles. The van der Waals surface area contributed by atoms with Crippen molar-refractivity contribution in [2.24, 2.45) is 0 Å². The molecule has 0 unspecified atom stereocenters. The number of hydrogen-bond acceptors (Lipinski definition) is 2. The number of anilines is 3. The Morgan fingerprint density at radius 3 is 1.54 bits per heavy atom. The first-order chi connectivity index (χ1) is 30.3. The maximum absolute atomic E-state index is 6.44. The third kappa shape index (κ3) is 5.50. The molecular weight excluding hydrogens is 739 g/mol. The normalized spacial score (nSPS) is 12.9. The van der Waals surface area contributed by atoms with Crippen molar-refractivity contribution in [3.8, 4) is 56.0 Å². The molecule has 0 atom stereocenters. The van der Waals surface area contributed by atoms with Gasteiger partial charge in [-0.05, 0) is 115 Å². The SMILES string of the molecule is c1ccc(-c2ccc(N(c3ccc(-c4ccc5c6c(cccc46)Oc4ccccc4-5)cc3)c3ccc4c(c3)-c3ccccc3C4(c3ccccc3)c3ccccc3)cc2)cc1. The van der Waals surface area contributed by atoms with Crippen LogP contribution >= 0.6 is 0 Å². The van der Waals surface area contributed by atoms with Gasteiger partial charge in [-0.3, -0.25) is 0 Å². The summed E-state index contributed by atoms with van der Waals surface area (Å²) in [6.07, 6.45) is 0. The zero-order valence-corrected chi connectivity index (χ0v) is 33.4. The van der Waals surface area contributed by atoms with Gasteiger partial charge < -0.3 is 9.64 Å². The van der Waals surface area contributed by atoms with E-state index in [-0.39, 0.29) is 0 Å². The van der Waals surface area contributed by atoms with Gasteiger partial charge in [-0.1, -0.05) is 188 Å². The average Bonchev–Trinajstić information content (AvgIpc) is 3.63. The van der Waals surface area contributed by atoms with Crippen molar-refractivity contribution < 1.29 is 4.74 Å². The molecule has 0 N–H and O–H groups in total. The molecule has 0 saturated carbocycles. The quantitative estimate of drug-likeness (QED) is 0.160. The minimum Gasteiger partial charge on any atom is -0.456 e. The molecule has 12 rings (SSSR count). The van der Waals surface area contributed by atoms with Gasteiger partial charge in [0, 0.05) is 28.0 Å². The second-order valence-electron chi connectivity index (χ2n) is 16.0. The molecule has 0 fully saturated rings. The summed E-state index contributed by atoms with van der Waals surface area (Å²) < 4.78 is 6.44. The molecule has 2 nitrogen and oxygen atoms in total. The fourth-order valence-corrected chi connectivity index (χ4v) is 10.1. The highest BCUT2D eigenvalue weighted by Gasteiger charge is 2.46. The van der Waals surface area contributed by atoms with Crippen LogP contribution in [0.15, 0.2) is 237 Å². The lowest BCUT2D eigenvalue weighted by atomic mass is 9.68. The third-order valence-electron chi connectivity index (χ3n) is 12.8. The maximum Gasteiger partial charge on any atom is 0.135 e. The molecule has 286 valence electrons. The second-order valence-corrected chi connectivity index (χ2v) is 16.0. The van der Waals surface area contributed by atoms with Gasteiger partial charge in [-0.2, -0.15) is 0 Å². The highest BCUT2D eigenvalue weighted by molar-refractivity contribution is 6.10. The predicted molar refractivity (Wildman–Crippen MR) is 252 cm³/mol. The predicted octanol–water partition coefficient (Wildman–Crippen LogP) is 15.8. The van der Waals surface area contributed by atoms with Crippen LogP contribution in [-0.2, 0) is 5.41 Å². The standard InChI is InChI=1S/C59H39NO/c1-4-15-40(16-5-1)41-27-31-45(32-28-41)60(46-33-29-42(30-34-46)48-36-37-52-50-22-11-13-25-56(50)61-57-26-14-23-51(48)58(52)57)47-35-38-55-53(39-47)49-21-10-12-24-54(49)59(55,43-17-6-2-7-18-43)44-19-8-3-9-20-44/h1-39H. The van der Waals surface area contributed by atoms with Crippen LogP contribution < -0.4 is 9.64 Å². The number of benzene rings is 10. The molecule has 0 spiro atoms. The van der Waals surface area contributed by atoms with E-state index in [2.05, 4.69) is 229 Å². The van der Waals surface area contributed by atoms with E-state index < -0.39 is 5.41 Å². The molecular formula is C59H39NO. The van der Waals surface area contributed by atoms with Crippen molar-refractivity contribution in [1.29, 1.82) is 0 Å². The summed E-state index contributed by atoms with van der Waals surface area (Å²) in [6.45, 7) is 0. The van der Waals surface area contributed by atoms with Crippen molar-refractivity contribution in [2.75, 3.05) is 4.90 Å². The van der Waals surface area contributed by atoms with Gasteiger partial charge in [0.1, 0.15) is 11.5 Å². The number of fused-ring (bicyclic) bond motifs is 5. The molecule has 0 saturated heterocycles. The van der Waals surface area contributed by atoms with Gasteiger partial charge in [0.05, 0.1) is 5.41 Å². The topological polar surface area (TPSA) is 12.5 Å². The summed E-state index contributed by atoms with van der Waals surface area (Å²) in [7, 11) is 0. The summed E-state index contributed by atoms with van der Waals surface area (Å²) in [5, 5.41) is 2.34. The molecule has 61 heavy (non-hydrogen) atoms. The van der Waals surface area contributed by atoms with Gasteiger partial charge in [0.25, 0.3) is 0 Å². The zero-order valence-electron chi connectivity index (χ0n) is 33.4. The van der Waals surface area contributed by atoms with E-state index in [4.69, 9.17) is 4.74 Å². The lowest BCUT2D eigenvalue weighted by Gasteiger charge is -2.34. The van der Waals surface area contributed by atoms with Gasteiger partial charge in [-0.15, -0.1) is 0 Å². The summed E-state index contributed by atoms with van der Waals surface area (Å²) in [6, 6.07) is 85.9. The first-order valence-electron chi connectivity index (χ1n) is 21.0. The van der Waals surface area contributed by atoms with Gasteiger partial charge >= 0.3 is 0 Å². The van der Waals surface area contributed by atoms with Crippen LogP contribution in [0.5, 0.6) is 11.5 Å². The Morgan fingerprint density at radius 2 is 0.836 bits per heavy atom. The van der Waals surface area contributed by atoms with Crippen LogP contribution in [0.25, 0.3) is 55.3 Å². The van der Waals surface area contributed by atoms with E-state index in [1.165, 1.54) is 61.0 Å². The minimum absolute atomic E-state index is 0.456. The van der Waals surface area contributed by atoms with E-state index >= 15 is 0 Å². The Hall–Kier alpha value is -7.94. The van der Waals surface area contributed by atoms with Crippen LogP contribution in [0.4, 0.5) is 17.1 Å². The van der Waals surface area contributed by atoms with Crippen molar-refractivity contribution in [3.63, 3.8) is 0 Å². The van der Waals surface area contributed by atoms with Gasteiger partial charge in [-0.25, -0.2) is 0 Å². The Morgan fingerprint density at radius 1 is 0.311 bits per heavy atom. The van der Waals surface area contributed by atoms with Crippen molar-refractivity contribution in [3.05, 3.63) is 259 Å². The fourth-order valence-electron chi connectivity index (χ4n) is 10.1. The van der Waals surface area contributed by atoms with E-state index in [0.29, 0.717) is 0 Å². The Bertz CT molecular complexity index is 3210. The molecule has 0 radical (unpaired) electrons. The monoisotopic (exact) mass is 777 g/mol. The van der Waals surface area contributed by atoms with Crippen LogP contribution in [0.3, 0.4) is 0 Å². The van der Waals surface area contributed by atoms with E-state index in [0.717, 1.165) is 45.1 Å². The van der Waals surface area contributed by atoms with Crippen LogP contribution in [0, 0.1) is 0 Å². The lowest BCUT2D eigenvalue weighted by Crippen LogP contribution is -2.28. The third-order valence-corrected chi connectivity index (χ3v) is 12.8. The fraction of sp³-hybridized carbons (Fsp3) is 0.0169. The Kier molecular flexibility index (Phi) is 8.11. The number of hydrogen-bond donors (Lipinski definition) is 0.